The third kappa shape index (κ3) is 3.73. The molecule has 3 rings (SSSR count). The van der Waals surface area contributed by atoms with Crippen LogP contribution in [0.5, 0.6) is 5.75 Å². The maximum Gasteiger partial charge on any atom is 0.263 e. The van der Waals surface area contributed by atoms with E-state index in [1.807, 2.05) is 13.8 Å². The first-order chi connectivity index (χ1) is 11.6. The number of aryl methyl sites for hydroxylation is 1. The number of nitrogens with one attached hydrogen (secondary N) is 1. The van der Waals surface area contributed by atoms with Gasteiger partial charge in [-0.3, -0.25) is 4.79 Å². The molecule has 1 amide bonds. The van der Waals surface area contributed by atoms with Crippen LogP contribution >= 0.6 is 11.3 Å². The van der Waals surface area contributed by atoms with Crippen molar-refractivity contribution in [2.75, 3.05) is 13.2 Å². The molecule has 2 heterocycles. The van der Waals surface area contributed by atoms with Gasteiger partial charge in [-0.05, 0) is 31.9 Å². The molecule has 0 saturated heterocycles. The summed E-state index contributed by atoms with van der Waals surface area (Å²) in [6, 6.07) is 4.33. The van der Waals surface area contributed by atoms with Crippen molar-refractivity contribution in [3.05, 3.63) is 45.2 Å². The summed E-state index contributed by atoms with van der Waals surface area (Å²) >= 11 is 1.35. The quantitative estimate of drug-likeness (QED) is 0.901. The third-order valence-corrected chi connectivity index (χ3v) is 4.88. The van der Waals surface area contributed by atoms with Crippen LogP contribution in [-0.4, -0.2) is 30.1 Å². The first kappa shape index (κ1) is 16.9. The van der Waals surface area contributed by atoms with Crippen molar-refractivity contribution in [3.8, 4) is 5.75 Å². The van der Waals surface area contributed by atoms with Gasteiger partial charge in [0.1, 0.15) is 28.1 Å². The van der Waals surface area contributed by atoms with Gasteiger partial charge in [0.2, 0.25) is 0 Å². The number of carbonyl (C=O) groups is 1. The van der Waals surface area contributed by atoms with Crippen molar-refractivity contribution in [3.63, 3.8) is 0 Å². The fourth-order valence-corrected chi connectivity index (χ4v) is 3.51. The zero-order valence-corrected chi connectivity index (χ0v) is 14.4. The van der Waals surface area contributed by atoms with Gasteiger partial charge < -0.3 is 14.8 Å². The van der Waals surface area contributed by atoms with Gasteiger partial charge in [-0.25, -0.2) is 9.37 Å². The van der Waals surface area contributed by atoms with Crippen molar-refractivity contribution in [2.45, 2.75) is 32.9 Å². The molecule has 0 bridgehead atoms. The van der Waals surface area contributed by atoms with Crippen LogP contribution in [0.25, 0.3) is 0 Å². The lowest BCUT2D eigenvalue weighted by Gasteiger charge is -2.26. The van der Waals surface area contributed by atoms with E-state index < -0.39 is 0 Å². The minimum absolute atomic E-state index is 0.146. The van der Waals surface area contributed by atoms with Gasteiger partial charge in [-0.1, -0.05) is 6.07 Å². The molecule has 0 saturated carbocycles. The van der Waals surface area contributed by atoms with E-state index in [9.17, 15) is 9.18 Å². The molecule has 1 N–H and O–H groups in total. The van der Waals surface area contributed by atoms with Gasteiger partial charge in [0.05, 0.1) is 18.3 Å². The Labute approximate surface area is 143 Å². The number of hydrogen-bond acceptors (Lipinski definition) is 5. The maximum atomic E-state index is 13.2. The Morgan fingerprint density at radius 3 is 3.17 bits per heavy atom. The Morgan fingerprint density at radius 2 is 2.38 bits per heavy atom. The fraction of sp³-hybridized carbons (Fsp3) is 0.412. The average molecular weight is 350 g/mol. The van der Waals surface area contributed by atoms with Crippen LogP contribution in [0.3, 0.4) is 0 Å². The van der Waals surface area contributed by atoms with Gasteiger partial charge in [0, 0.05) is 12.7 Å². The molecular weight excluding hydrogens is 331 g/mol. The van der Waals surface area contributed by atoms with Gasteiger partial charge in [-0.15, -0.1) is 11.3 Å². The molecular formula is C17H19FN2O3S. The highest BCUT2D eigenvalue weighted by Gasteiger charge is 2.24. The molecule has 128 valence electrons. The van der Waals surface area contributed by atoms with E-state index >= 15 is 0 Å². The molecule has 1 atom stereocenters. The predicted molar refractivity (Wildman–Crippen MR) is 89.0 cm³/mol. The van der Waals surface area contributed by atoms with Crippen molar-refractivity contribution in [1.29, 1.82) is 0 Å². The van der Waals surface area contributed by atoms with Gasteiger partial charge in [0.15, 0.2) is 0 Å². The number of ether oxygens (including phenoxy) is 2. The number of aromatic nitrogens is 1. The zero-order chi connectivity index (χ0) is 17.1. The SMILES string of the molecule is CCOCc1nc(C)c(C(=O)NC2COc3cc(F)ccc3C2)s1. The number of rotatable bonds is 5. The monoisotopic (exact) mass is 350 g/mol. The summed E-state index contributed by atoms with van der Waals surface area (Å²) in [5.74, 6) is 0.0683. The van der Waals surface area contributed by atoms with Crippen LogP contribution in [0.4, 0.5) is 4.39 Å². The Bertz CT molecular complexity index is 747. The molecule has 1 aliphatic heterocycles. The number of benzene rings is 1. The standard InChI is InChI=1S/C17H19FN2O3S/c1-3-22-9-15-19-10(2)16(24-15)17(21)20-13-6-11-4-5-12(18)7-14(11)23-8-13/h4-5,7,13H,3,6,8-9H2,1-2H3,(H,20,21). The number of halogens is 1. The second kappa shape index (κ2) is 7.27. The summed E-state index contributed by atoms with van der Waals surface area (Å²) in [5, 5.41) is 3.76. The van der Waals surface area contributed by atoms with E-state index in [1.54, 1.807) is 6.07 Å². The molecule has 5 nitrogen and oxygen atoms in total. The van der Waals surface area contributed by atoms with Crippen LogP contribution < -0.4 is 10.1 Å². The average Bonchev–Trinajstić information content (AvgIpc) is 2.94. The molecule has 7 heteroatoms. The largest absolute Gasteiger partial charge is 0.491 e. The van der Waals surface area contributed by atoms with E-state index in [4.69, 9.17) is 9.47 Å². The van der Waals surface area contributed by atoms with E-state index in [2.05, 4.69) is 10.3 Å². The molecule has 0 fully saturated rings. The smallest absolute Gasteiger partial charge is 0.263 e. The lowest BCUT2D eigenvalue weighted by atomic mass is 10.0. The zero-order valence-electron chi connectivity index (χ0n) is 13.6. The van der Waals surface area contributed by atoms with E-state index in [0.29, 0.717) is 42.6 Å². The topological polar surface area (TPSA) is 60.5 Å². The Hall–Kier alpha value is -1.99. The molecule has 0 radical (unpaired) electrons. The van der Waals surface area contributed by atoms with Crippen LogP contribution in [0.15, 0.2) is 18.2 Å². The lowest BCUT2D eigenvalue weighted by Crippen LogP contribution is -2.42. The number of fused-ring (bicyclic) bond motifs is 1. The minimum Gasteiger partial charge on any atom is -0.491 e. The van der Waals surface area contributed by atoms with Gasteiger partial charge in [0.25, 0.3) is 5.91 Å². The highest BCUT2D eigenvalue weighted by Crippen LogP contribution is 2.26. The van der Waals surface area contributed by atoms with Crippen LogP contribution in [-0.2, 0) is 17.8 Å². The first-order valence-corrected chi connectivity index (χ1v) is 8.64. The normalized spacial score (nSPS) is 16.4. The van der Waals surface area contributed by atoms with Crippen molar-refractivity contribution in [1.82, 2.24) is 10.3 Å². The number of nitrogens with zero attached hydrogens (tertiary/aromatic N) is 1. The molecule has 2 aromatic rings. The molecule has 1 aromatic heterocycles. The van der Waals surface area contributed by atoms with E-state index in [0.717, 1.165) is 10.6 Å². The first-order valence-electron chi connectivity index (χ1n) is 7.83. The van der Waals surface area contributed by atoms with Crippen molar-refractivity contribution < 1.29 is 18.7 Å². The second-order valence-electron chi connectivity index (χ2n) is 5.60. The number of thiazole rings is 1. The summed E-state index contributed by atoms with van der Waals surface area (Å²) in [7, 11) is 0. The van der Waals surface area contributed by atoms with Gasteiger partial charge >= 0.3 is 0 Å². The third-order valence-electron chi connectivity index (χ3n) is 3.75. The Morgan fingerprint density at radius 1 is 1.54 bits per heavy atom. The van der Waals surface area contributed by atoms with Gasteiger partial charge in [-0.2, -0.15) is 0 Å². The molecule has 24 heavy (non-hydrogen) atoms. The highest BCUT2D eigenvalue weighted by molar-refractivity contribution is 7.13. The molecule has 1 aromatic carbocycles. The number of hydrogen-bond donors (Lipinski definition) is 1. The summed E-state index contributed by atoms with van der Waals surface area (Å²) in [6.45, 7) is 5.09. The van der Waals surface area contributed by atoms with Crippen LogP contribution in [0, 0.1) is 12.7 Å². The maximum absolute atomic E-state index is 13.2. The summed E-state index contributed by atoms with van der Waals surface area (Å²) in [6.07, 6.45) is 0.616. The molecule has 0 spiro atoms. The lowest BCUT2D eigenvalue weighted by molar-refractivity contribution is 0.0918. The minimum atomic E-state index is -0.321. The summed E-state index contributed by atoms with van der Waals surface area (Å²) in [5.41, 5.74) is 1.59. The summed E-state index contributed by atoms with van der Waals surface area (Å²) in [4.78, 5) is 17.4. The second-order valence-corrected chi connectivity index (χ2v) is 6.68. The Balaban J connectivity index is 1.65. The van der Waals surface area contributed by atoms with Crippen LogP contribution in [0.1, 0.15) is 32.9 Å². The fourth-order valence-electron chi connectivity index (χ4n) is 2.60. The molecule has 1 aliphatic rings. The predicted octanol–water partition coefficient (Wildman–Crippen LogP) is 2.86. The highest BCUT2D eigenvalue weighted by atomic mass is 32.1. The van der Waals surface area contributed by atoms with Crippen LogP contribution in [0.2, 0.25) is 0 Å². The summed E-state index contributed by atoms with van der Waals surface area (Å²) < 4.78 is 24.1. The number of carbonyl (C=O) groups excluding carboxylic acids is 1. The Kier molecular flexibility index (Phi) is 5.11. The molecule has 0 aliphatic carbocycles. The van der Waals surface area contributed by atoms with E-state index in [-0.39, 0.29) is 17.8 Å². The van der Waals surface area contributed by atoms with E-state index in [1.165, 1.54) is 23.5 Å². The van der Waals surface area contributed by atoms with Crippen molar-refractivity contribution in [2.24, 2.45) is 0 Å². The number of amides is 1. The molecule has 1 unspecified atom stereocenters. The van der Waals surface area contributed by atoms with Crippen molar-refractivity contribution >= 4 is 17.2 Å².